The Labute approximate surface area is 94.7 Å². The van der Waals surface area contributed by atoms with E-state index >= 15 is 0 Å². The zero-order chi connectivity index (χ0) is 13.6. The molecule has 0 aliphatic rings. The summed E-state index contributed by atoms with van der Waals surface area (Å²) < 4.78 is 0. The lowest BCUT2D eigenvalue weighted by molar-refractivity contribution is -0.156. The third-order valence-electron chi connectivity index (χ3n) is 1.78. The molecule has 0 bridgehead atoms. The van der Waals surface area contributed by atoms with Gasteiger partial charge < -0.3 is 25.7 Å². The van der Waals surface area contributed by atoms with Crippen LogP contribution in [0.15, 0.2) is 0 Å². The van der Waals surface area contributed by atoms with Gasteiger partial charge in [-0.3, -0.25) is 19.2 Å². The molecule has 0 aliphatic carbocycles. The lowest BCUT2D eigenvalue weighted by atomic mass is 9.98. The van der Waals surface area contributed by atoms with Crippen LogP contribution >= 0.6 is 0 Å². The third kappa shape index (κ3) is 5.47. The second-order valence-corrected chi connectivity index (χ2v) is 3.10. The first-order valence-corrected chi connectivity index (χ1v) is 4.38. The van der Waals surface area contributed by atoms with Crippen molar-refractivity contribution in [3.8, 4) is 0 Å². The summed E-state index contributed by atoms with van der Waals surface area (Å²) in [7, 11) is 0. The minimum absolute atomic E-state index is 0.796. The van der Waals surface area contributed by atoms with E-state index in [1.807, 2.05) is 0 Å². The third-order valence-corrected chi connectivity index (χ3v) is 1.78. The minimum Gasteiger partial charge on any atom is -0.481 e. The molecule has 0 heterocycles. The molecule has 2 atom stereocenters. The molecule has 0 aromatic carbocycles. The Balaban J connectivity index is 4.54. The van der Waals surface area contributed by atoms with Crippen molar-refractivity contribution < 1.29 is 39.6 Å². The molecular formula is C8H11NO8. The number of amides is 1. The number of hydrogen-bond donors (Lipinski definition) is 5. The summed E-state index contributed by atoms with van der Waals surface area (Å²) in [5.74, 6) is -7.62. The predicted molar refractivity (Wildman–Crippen MR) is 50.0 cm³/mol. The van der Waals surface area contributed by atoms with Crippen LogP contribution in [0, 0.1) is 5.92 Å². The Bertz CT molecular complexity index is 338. The number of carboxylic acids is 3. The maximum Gasteiger partial charge on any atom is 0.322 e. The molecule has 2 unspecified atom stereocenters. The second kappa shape index (κ2) is 6.43. The van der Waals surface area contributed by atoms with Gasteiger partial charge in [0.15, 0.2) is 0 Å². The van der Waals surface area contributed by atoms with Crippen LogP contribution in [0.25, 0.3) is 0 Å². The average molecular weight is 249 g/mol. The van der Waals surface area contributed by atoms with Gasteiger partial charge in [-0.2, -0.15) is 0 Å². The summed E-state index contributed by atoms with van der Waals surface area (Å²) in [6.07, 6.45) is -3.07. The van der Waals surface area contributed by atoms with Crippen molar-refractivity contribution >= 4 is 23.8 Å². The Hall–Kier alpha value is -2.16. The van der Waals surface area contributed by atoms with E-state index in [1.165, 1.54) is 0 Å². The van der Waals surface area contributed by atoms with Gasteiger partial charge in [-0.15, -0.1) is 0 Å². The van der Waals surface area contributed by atoms with Crippen LogP contribution in [0.2, 0.25) is 0 Å². The maximum atomic E-state index is 11.1. The number of nitrogens with one attached hydrogen (secondary N) is 1. The molecule has 0 saturated carbocycles. The van der Waals surface area contributed by atoms with Crippen LogP contribution in [-0.4, -0.2) is 56.9 Å². The number of rotatable bonds is 7. The Morgan fingerprint density at radius 1 is 1.00 bits per heavy atom. The van der Waals surface area contributed by atoms with Crippen molar-refractivity contribution in [2.75, 3.05) is 6.54 Å². The second-order valence-electron chi connectivity index (χ2n) is 3.10. The van der Waals surface area contributed by atoms with Gasteiger partial charge in [-0.05, 0) is 0 Å². The summed E-state index contributed by atoms with van der Waals surface area (Å²) in [5, 5.41) is 36.2. The van der Waals surface area contributed by atoms with Crippen molar-refractivity contribution in [3.05, 3.63) is 0 Å². The zero-order valence-electron chi connectivity index (χ0n) is 8.49. The SMILES string of the molecule is O=C(O)CNC(=O)C(O)C(CC(=O)O)C(=O)O. The van der Waals surface area contributed by atoms with Crippen LogP contribution in [0.1, 0.15) is 6.42 Å². The summed E-state index contributed by atoms with van der Waals surface area (Å²) in [6, 6.07) is 0. The van der Waals surface area contributed by atoms with Gasteiger partial charge in [0.1, 0.15) is 18.6 Å². The van der Waals surface area contributed by atoms with Gasteiger partial charge in [0.2, 0.25) is 5.91 Å². The average Bonchev–Trinajstić information content (AvgIpc) is 2.20. The largest absolute Gasteiger partial charge is 0.481 e. The molecule has 9 nitrogen and oxygen atoms in total. The number of hydrogen-bond acceptors (Lipinski definition) is 5. The van der Waals surface area contributed by atoms with E-state index in [2.05, 4.69) is 0 Å². The molecule has 0 aliphatic heterocycles. The molecule has 0 rings (SSSR count). The van der Waals surface area contributed by atoms with Crippen molar-refractivity contribution in [1.82, 2.24) is 5.32 Å². The van der Waals surface area contributed by atoms with Crippen molar-refractivity contribution in [2.24, 2.45) is 5.92 Å². The minimum atomic E-state index is -2.12. The maximum absolute atomic E-state index is 11.1. The van der Waals surface area contributed by atoms with Crippen LogP contribution < -0.4 is 5.32 Å². The number of aliphatic hydroxyl groups is 1. The molecule has 1 amide bonds. The first kappa shape index (κ1) is 14.8. The predicted octanol–water partition coefficient (Wildman–Crippen LogP) is -2.28. The van der Waals surface area contributed by atoms with Crippen molar-refractivity contribution in [2.45, 2.75) is 12.5 Å². The highest BCUT2D eigenvalue weighted by Gasteiger charge is 2.34. The van der Waals surface area contributed by atoms with E-state index in [0.717, 1.165) is 0 Å². The fourth-order valence-electron chi connectivity index (χ4n) is 0.972. The topological polar surface area (TPSA) is 161 Å². The molecule has 0 saturated heterocycles. The molecule has 0 spiro atoms. The van der Waals surface area contributed by atoms with Crippen LogP contribution in [0.5, 0.6) is 0 Å². The Morgan fingerprint density at radius 3 is 1.88 bits per heavy atom. The summed E-state index contributed by atoms with van der Waals surface area (Å²) in [5.41, 5.74) is 0. The molecule has 96 valence electrons. The van der Waals surface area contributed by atoms with Crippen LogP contribution in [-0.2, 0) is 19.2 Å². The van der Waals surface area contributed by atoms with Gasteiger partial charge in [0.25, 0.3) is 0 Å². The highest BCUT2D eigenvalue weighted by atomic mass is 16.4. The molecule has 5 N–H and O–H groups in total. The molecule has 0 aromatic heterocycles. The standard InChI is InChI=1S/C8H11NO8/c10-4(11)1-3(8(16)17)6(14)7(15)9-2-5(12)13/h3,6,14H,1-2H2,(H,9,15)(H,10,11)(H,12,13)(H,16,17). The van der Waals surface area contributed by atoms with Crippen molar-refractivity contribution in [3.63, 3.8) is 0 Å². The first-order chi connectivity index (χ1) is 7.75. The quantitative estimate of drug-likeness (QED) is 0.337. The lowest BCUT2D eigenvalue weighted by Gasteiger charge is -2.16. The summed E-state index contributed by atoms with van der Waals surface area (Å²) >= 11 is 0. The fraction of sp³-hybridized carbons (Fsp3) is 0.500. The van der Waals surface area contributed by atoms with Gasteiger partial charge >= 0.3 is 17.9 Å². The number of carbonyl (C=O) groups excluding carboxylic acids is 1. The summed E-state index contributed by atoms with van der Waals surface area (Å²) in [4.78, 5) is 42.1. The number of carbonyl (C=O) groups is 4. The van der Waals surface area contributed by atoms with Gasteiger partial charge in [-0.1, -0.05) is 0 Å². The van der Waals surface area contributed by atoms with E-state index in [9.17, 15) is 24.3 Å². The first-order valence-electron chi connectivity index (χ1n) is 4.38. The molecule has 0 radical (unpaired) electrons. The number of aliphatic hydroxyl groups excluding tert-OH is 1. The lowest BCUT2D eigenvalue weighted by Crippen LogP contribution is -2.44. The molecular weight excluding hydrogens is 238 g/mol. The van der Waals surface area contributed by atoms with E-state index in [1.54, 1.807) is 5.32 Å². The summed E-state index contributed by atoms with van der Waals surface area (Å²) in [6.45, 7) is -0.796. The highest BCUT2D eigenvalue weighted by Crippen LogP contribution is 2.10. The van der Waals surface area contributed by atoms with Gasteiger partial charge in [0.05, 0.1) is 6.42 Å². The van der Waals surface area contributed by atoms with Crippen LogP contribution in [0.3, 0.4) is 0 Å². The van der Waals surface area contributed by atoms with E-state index < -0.39 is 48.8 Å². The fourth-order valence-corrected chi connectivity index (χ4v) is 0.972. The Morgan fingerprint density at radius 2 is 1.53 bits per heavy atom. The number of aliphatic carboxylic acids is 3. The van der Waals surface area contributed by atoms with E-state index in [-0.39, 0.29) is 0 Å². The van der Waals surface area contributed by atoms with Gasteiger partial charge in [0, 0.05) is 0 Å². The highest BCUT2D eigenvalue weighted by molar-refractivity contribution is 5.90. The van der Waals surface area contributed by atoms with Crippen LogP contribution in [0.4, 0.5) is 0 Å². The molecule has 0 fully saturated rings. The molecule has 17 heavy (non-hydrogen) atoms. The van der Waals surface area contributed by atoms with Crippen molar-refractivity contribution in [1.29, 1.82) is 0 Å². The normalized spacial score (nSPS) is 13.5. The van der Waals surface area contributed by atoms with E-state index in [0.29, 0.717) is 0 Å². The monoisotopic (exact) mass is 249 g/mol. The molecule has 0 aromatic rings. The van der Waals surface area contributed by atoms with Gasteiger partial charge in [-0.25, -0.2) is 0 Å². The number of carboxylic acid groups (broad SMARTS) is 3. The zero-order valence-corrected chi connectivity index (χ0v) is 8.49. The Kier molecular flexibility index (Phi) is 5.61. The smallest absolute Gasteiger partial charge is 0.322 e. The van der Waals surface area contributed by atoms with E-state index in [4.69, 9.17) is 15.3 Å². The molecule has 9 heteroatoms.